The molecule has 2 rings (SSSR count). The van der Waals surface area contributed by atoms with E-state index in [1.54, 1.807) is 37.4 Å². The molecule has 8 heteroatoms. The van der Waals surface area contributed by atoms with Crippen molar-refractivity contribution < 1.29 is 23.9 Å². The first-order valence-corrected chi connectivity index (χ1v) is 9.67. The molecular weight excluding hydrogens is 386 g/mol. The molecule has 0 fully saturated rings. The van der Waals surface area contributed by atoms with Crippen LogP contribution in [0.5, 0.6) is 0 Å². The molecule has 2 aromatic rings. The van der Waals surface area contributed by atoms with Gasteiger partial charge < -0.3 is 14.4 Å². The van der Waals surface area contributed by atoms with E-state index in [9.17, 15) is 14.4 Å². The summed E-state index contributed by atoms with van der Waals surface area (Å²) >= 11 is 0. The molecule has 2 amide bonds. The Labute approximate surface area is 176 Å². The number of nitrogens with zero attached hydrogens (tertiary/aromatic N) is 1. The van der Waals surface area contributed by atoms with E-state index in [1.807, 2.05) is 18.2 Å². The topological polar surface area (TPSA) is 97.0 Å². The fraction of sp³-hybridized carbons (Fsp3) is 0.318. The van der Waals surface area contributed by atoms with Gasteiger partial charge in [-0.1, -0.05) is 12.1 Å². The molecule has 0 heterocycles. The van der Waals surface area contributed by atoms with Crippen LogP contribution in [-0.2, 0) is 20.9 Å². The summed E-state index contributed by atoms with van der Waals surface area (Å²) in [7, 11) is 1.56. The first-order chi connectivity index (χ1) is 14.5. The highest BCUT2D eigenvalue weighted by molar-refractivity contribution is 5.96. The maximum Gasteiger partial charge on any atom is 0.338 e. The summed E-state index contributed by atoms with van der Waals surface area (Å²) in [5, 5.41) is 0. The second-order valence-corrected chi connectivity index (χ2v) is 6.43. The lowest BCUT2D eigenvalue weighted by molar-refractivity contribution is -0.125. The fourth-order valence-electron chi connectivity index (χ4n) is 2.82. The van der Waals surface area contributed by atoms with Crippen LogP contribution >= 0.6 is 0 Å². The van der Waals surface area contributed by atoms with Crippen molar-refractivity contribution in [1.82, 2.24) is 10.9 Å². The number of hydrazine groups is 1. The summed E-state index contributed by atoms with van der Waals surface area (Å²) < 4.78 is 10.0. The van der Waals surface area contributed by atoms with Crippen molar-refractivity contribution >= 4 is 23.5 Å². The summed E-state index contributed by atoms with van der Waals surface area (Å²) in [6.45, 7) is 5.70. The van der Waals surface area contributed by atoms with E-state index in [0.29, 0.717) is 17.7 Å². The molecule has 0 radical (unpaired) electrons. The minimum Gasteiger partial charge on any atom is -0.452 e. The number of esters is 1. The normalized spacial score (nSPS) is 10.2. The van der Waals surface area contributed by atoms with Gasteiger partial charge in [-0.05, 0) is 55.8 Å². The molecule has 0 bridgehead atoms. The van der Waals surface area contributed by atoms with E-state index in [1.165, 1.54) is 0 Å². The zero-order chi connectivity index (χ0) is 21.9. The zero-order valence-corrected chi connectivity index (χ0v) is 17.4. The van der Waals surface area contributed by atoms with Crippen LogP contribution in [0.2, 0.25) is 0 Å². The van der Waals surface area contributed by atoms with Crippen LogP contribution in [0.25, 0.3) is 0 Å². The van der Waals surface area contributed by atoms with Crippen LogP contribution in [0.15, 0.2) is 48.5 Å². The van der Waals surface area contributed by atoms with Crippen molar-refractivity contribution in [3.05, 3.63) is 65.2 Å². The highest BCUT2D eigenvalue weighted by Crippen LogP contribution is 2.14. The van der Waals surface area contributed by atoms with Gasteiger partial charge in [0, 0.05) is 31.5 Å². The van der Waals surface area contributed by atoms with Crippen LogP contribution in [0.3, 0.4) is 0 Å². The molecule has 0 aliphatic heterocycles. The Bertz CT molecular complexity index is 863. The van der Waals surface area contributed by atoms with Crippen molar-refractivity contribution in [3.63, 3.8) is 0 Å². The quantitative estimate of drug-likeness (QED) is 0.484. The Kier molecular flexibility index (Phi) is 8.83. The van der Waals surface area contributed by atoms with Crippen LogP contribution < -0.4 is 15.8 Å². The monoisotopic (exact) mass is 413 g/mol. The smallest absolute Gasteiger partial charge is 0.338 e. The Morgan fingerprint density at radius 1 is 0.933 bits per heavy atom. The summed E-state index contributed by atoms with van der Waals surface area (Å²) in [5.41, 5.74) is 7.08. The van der Waals surface area contributed by atoms with Crippen LogP contribution in [0.4, 0.5) is 5.69 Å². The zero-order valence-electron chi connectivity index (χ0n) is 17.4. The molecular formula is C22H27N3O5. The number of nitrogens with one attached hydrogen (secondary N) is 2. The van der Waals surface area contributed by atoms with Crippen molar-refractivity contribution in [2.45, 2.75) is 20.5 Å². The average Bonchev–Trinajstić information content (AvgIpc) is 2.77. The molecule has 0 saturated heterocycles. The number of anilines is 1. The molecule has 0 saturated carbocycles. The average molecular weight is 413 g/mol. The maximum absolute atomic E-state index is 12.2. The van der Waals surface area contributed by atoms with E-state index in [2.05, 4.69) is 29.6 Å². The summed E-state index contributed by atoms with van der Waals surface area (Å²) in [5.74, 6) is -1.75. The highest BCUT2D eigenvalue weighted by Gasteiger charge is 2.12. The van der Waals surface area contributed by atoms with Gasteiger partial charge in [0.1, 0.15) is 0 Å². The first kappa shape index (κ1) is 22.9. The maximum atomic E-state index is 12.2. The van der Waals surface area contributed by atoms with Crippen molar-refractivity contribution in [3.8, 4) is 0 Å². The molecule has 0 unspecified atom stereocenters. The van der Waals surface area contributed by atoms with Gasteiger partial charge in [-0.15, -0.1) is 0 Å². The van der Waals surface area contributed by atoms with E-state index in [0.717, 1.165) is 24.3 Å². The molecule has 8 nitrogen and oxygen atoms in total. The van der Waals surface area contributed by atoms with E-state index in [-0.39, 0.29) is 0 Å². The molecule has 2 N–H and O–H groups in total. The van der Waals surface area contributed by atoms with Gasteiger partial charge in [0.05, 0.1) is 12.2 Å². The summed E-state index contributed by atoms with van der Waals surface area (Å²) in [4.78, 5) is 38.3. The summed E-state index contributed by atoms with van der Waals surface area (Å²) in [6, 6.07) is 13.8. The molecule has 2 aromatic carbocycles. The lowest BCUT2D eigenvalue weighted by Gasteiger charge is -2.21. The Morgan fingerprint density at radius 2 is 1.63 bits per heavy atom. The Balaban J connectivity index is 1.80. The Hall–Kier alpha value is -3.39. The Morgan fingerprint density at radius 3 is 2.27 bits per heavy atom. The van der Waals surface area contributed by atoms with Crippen molar-refractivity contribution in [2.24, 2.45) is 0 Å². The molecule has 0 spiro atoms. The van der Waals surface area contributed by atoms with E-state index < -0.39 is 24.4 Å². The number of benzene rings is 2. The number of methoxy groups -OCH3 is 1. The van der Waals surface area contributed by atoms with Gasteiger partial charge >= 0.3 is 5.97 Å². The molecule has 0 aromatic heterocycles. The first-order valence-electron chi connectivity index (χ1n) is 9.67. The van der Waals surface area contributed by atoms with Gasteiger partial charge in [-0.25, -0.2) is 4.79 Å². The van der Waals surface area contributed by atoms with Gasteiger partial charge in [0.15, 0.2) is 6.61 Å². The second-order valence-electron chi connectivity index (χ2n) is 6.43. The third-order valence-corrected chi connectivity index (χ3v) is 4.38. The predicted molar refractivity (Wildman–Crippen MR) is 113 cm³/mol. The molecule has 30 heavy (non-hydrogen) atoms. The highest BCUT2D eigenvalue weighted by atomic mass is 16.5. The van der Waals surface area contributed by atoms with Crippen LogP contribution in [-0.4, -0.2) is 44.6 Å². The largest absolute Gasteiger partial charge is 0.452 e. The fourth-order valence-corrected chi connectivity index (χ4v) is 2.82. The van der Waals surface area contributed by atoms with E-state index >= 15 is 0 Å². The number of hydrogen-bond donors (Lipinski definition) is 2. The predicted octanol–water partition coefficient (Wildman–Crippen LogP) is 2.30. The number of carbonyl (C=O) groups is 3. The van der Waals surface area contributed by atoms with Crippen molar-refractivity contribution in [1.29, 1.82) is 0 Å². The molecule has 0 aliphatic rings. The summed E-state index contributed by atoms with van der Waals surface area (Å²) in [6.07, 6.45) is 0. The third-order valence-electron chi connectivity index (χ3n) is 4.38. The molecule has 0 aliphatic carbocycles. The van der Waals surface area contributed by atoms with E-state index in [4.69, 9.17) is 9.47 Å². The number of rotatable bonds is 9. The SMILES string of the molecule is CCN(CC)c1ccc(C(=O)NNC(=O)COC(=O)c2cccc(COC)c2)cc1. The number of amides is 2. The number of hydrogen-bond acceptors (Lipinski definition) is 6. The lowest BCUT2D eigenvalue weighted by atomic mass is 10.1. The standard InChI is InChI=1S/C22H27N3O5/c1-4-25(5-2)19-11-9-17(10-12-19)21(27)24-23-20(26)15-30-22(28)18-8-6-7-16(13-18)14-29-3/h6-13H,4-5,14-15H2,1-3H3,(H,23,26)(H,24,27). The van der Waals surface area contributed by atoms with Gasteiger partial charge in [0.25, 0.3) is 11.8 Å². The van der Waals surface area contributed by atoms with Gasteiger partial charge in [0.2, 0.25) is 0 Å². The van der Waals surface area contributed by atoms with Crippen molar-refractivity contribution in [2.75, 3.05) is 31.7 Å². The number of carbonyl (C=O) groups excluding carboxylic acids is 3. The lowest BCUT2D eigenvalue weighted by Crippen LogP contribution is -2.43. The minimum atomic E-state index is -0.649. The minimum absolute atomic E-state index is 0.315. The molecule has 0 atom stereocenters. The van der Waals surface area contributed by atoms with Crippen LogP contribution in [0.1, 0.15) is 40.1 Å². The number of ether oxygens (including phenoxy) is 2. The third kappa shape index (κ3) is 6.59. The van der Waals surface area contributed by atoms with Gasteiger partial charge in [-0.3, -0.25) is 20.4 Å². The van der Waals surface area contributed by atoms with Crippen LogP contribution in [0, 0.1) is 0 Å². The molecule has 160 valence electrons. The van der Waals surface area contributed by atoms with Gasteiger partial charge in [-0.2, -0.15) is 0 Å². The second kappa shape index (κ2) is 11.6.